The van der Waals surface area contributed by atoms with Crippen LogP contribution in [0, 0.1) is 11.8 Å². The topological polar surface area (TPSA) is 75.3 Å². The highest BCUT2D eigenvalue weighted by atomic mass is 16.4. The molecule has 4 N–H and O–H groups in total. The van der Waals surface area contributed by atoms with Crippen molar-refractivity contribution >= 4 is 5.97 Å². The summed E-state index contributed by atoms with van der Waals surface area (Å²) in [6, 6.07) is -0.152. The Morgan fingerprint density at radius 2 is 2.20 bits per heavy atom. The summed E-state index contributed by atoms with van der Waals surface area (Å²) in [4.78, 5) is 11.0. The lowest BCUT2D eigenvalue weighted by molar-refractivity contribution is -0.141. The van der Waals surface area contributed by atoms with Crippen LogP contribution in [0.4, 0.5) is 0 Å². The first-order valence-corrected chi connectivity index (χ1v) is 5.75. The van der Waals surface area contributed by atoms with Crippen molar-refractivity contribution in [3.05, 3.63) is 0 Å². The molecule has 3 unspecified atom stereocenters. The lowest BCUT2D eigenvalue weighted by Crippen LogP contribution is -2.48. The van der Waals surface area contributed by atoms with Gasteiger partial charge in [-0.3, -0.25) is 4.79 Å². The molecule has 0 spiro atoms. The molecule has 4 nitrogen and oxygen atoms in total. The molecule has 4 heteroatoms. The largest absolute Gasteiger partial charge is 0.480 e. The van der Waals surface area contributed by atoms with Gasteiger partial charge in [0.2, 0.25) is 0 Å². The second-order valence-electron chi connectivity index (χ2n) is 4.76. The summed E-state index contributed by atoms with van der Waals surface area (Å²) in [6.07, 6.45) is 3.33. The fourth-order valence-electron chi connectivity index (χ4n) is 2.32. The average molecular weight is 214 g/mol. The predicted octanol–water partition coefficient (Wildman–Crippen LogP) is 0.813. The van der Waals surface area contributed by atoms with E-state index in [9.17, 15) is 4.79 Å². The lowest BCUT2D eigenvalue weighted by Gasteiger charge is -2.26. The summed E-state index contributed by atoms with van der Waals surface area (Å²) in [6.45, 7) is 4.51. The van der Waals surface area contributed by atoms with Gasteiger partial charge in [-0.05, 0) is 31.2 Å². The van der Waals surface area contributed by atoms with Crippen LogP contribution < -0.4 is 11.1 Å². The quantitative estimate of drug-likeness (QED) is 0.633. The number of nitrogens with two attached hydrogens (primary N) is 1. The molecule has 1 saturated carbocycles. The highest BCUT2D eigenvalue weighted by Crippen LogP contribution is 2.25. The van der Waals surface area contributed by atoms with E-state index >= 15 is 0 Å². The van der Waals surface area contributed by atoms with E-state index in [0.29, 0.717) is 18.5 Å². The summed E-state index contributed by atoms with van der Waals surface area (Å²) >= 11 is 0. The molecule has 0 aromatic carbocycles. The van der Waals surface area contributed by atoms with Gasteiger partial charge in [0.05, 0.1) is 0 Å². The maximum absolute atomic E-state index is 11.0. The molecule has 1 aliphatic rings. The first-order chi connectivity index (χ1) is 7.06. The molecule has 0 radical (unpaired) electrons. The minimum absolute atomic E-state index is 0.113. The molecular formula is C11H22N2O2. The first-order valence-electron chi connectivity index (χ1n) is 5.75. The van der Waals surface area contributed by atoms with Gasteiger partial charge in [-0.15, -0.1) is 0 Å². The number of carbonyl (C=O) groups is 1. The molecule has 15 heavy (non-hydrogen) atoms. The van der Waals surface area contributed by atoms with Gasteiger partial charge in [0, 0.05) is 6.04 Å². The molecule has 1 rings (SSSR count). The molecule has 1 aliphatic carbocycles. The normalized spacial score (nSPS) is 28.3. The Balaban J connectivity index is 2.54. The Bertz CT molecular complexity index is 219. The third kappa shape index (κ3) is 3.18. The zero-order valence-corrected chi connectivity index (χ0v) is 9.57. The predicted molar refractivity (Wildman–Crippen MR) is 59.6 cm³/mol. The van der Waals surface area contributed by atoms with Crippen molar-refractivity contribution < 1.29 is 9.90 Å². The minimum atomic E-state index is -0.757. The summed E-state index contributed by atoms with van der Waals surface area (Å²) in [5.41, 5.74) is 5.66. The van der Waals surface area contributed by atoms with Gasteiger partial charge in [-0.2, -0.15) is 0 Å². The molecule has 88 valence electrons. The van der Waals surface area contributed by atoms with Crippen molar-refractivity contribution in [2.75, 3.05) is 6.54 Å². The monoisotopic (exact) mass is 214 g/mol. The summed E-state index contributed by atoms with van der Waals surface area (Å²) in [5, 5.41) is 12.3. The number of aliphatic carboxylic acids is 1. The number of nitrogens with one attached hydrogen (secondary N) is 1. The second kappa shape index (κ2) is 5.47. The Labute approximate surface area is 91.2 Å². The molecule has 0 amide bonds. The van der Waals surface area contributed by atoms with Crippen molar-refractivity contribution in [1.82, 2.24) is 5.32 Å². The van der Waals surface area contributed by atoms with Gasteiger partial charge in [0.15, 0.2) is 0 Å². The smallest absolute Gasteiger partial charge is 0.320 e. The van der Waals surface area contributed by atoms with E-state index in [1.807, 2.05) is 13.8 Å². The van der Waals surface area contributed by atoms with Crippen LogP contribution in [-0.4, -0.2) is 29.7 Å². The van der Waals surface area contributed by atoms with Crippen LogP contribution in [0.3, 0.4) is 0 Å². The molecular weight excluding hydrogens is 192 g/mol. The van der Waals surface area contributed by atoms with Crippen LogP contribution in [0.5, 0.6) is 0 Å². The molecule has 0 saturated heterocycles. The molecule has 0 aromatic heterocycles. The number of carboxylic acid groups (broad SMARTS) is 1. The zero-order valence-electron chi connectivity index (χ0n) is 9.57. The molecule has 0 heterocycles. The van der Waals surface area contributed by atoms with Crippen molar-refractivity contribution in [2.24, 2.45) is 17.6 Å². The van der Waals surface area contributed by atoms with Crippen LogP contribution in [-0.2, 0) is 4.79 Å². The average Bonchev–Trinajstić information content (AvgIpc) is 2.59. The Morgan fingerprint density at radius 3 is 2.67 bits per heavy atom. The maximum Gasteiger partial charge on any atom is 0.320 e. The van der Waals surface area contributed by atoms with E-state index < -0.39 is 12.0 Å². The van der Waals surface area contributed by atoms with E-state index in [-0.39, 0.29) is 5.92 Å². The summed E-state index contributed by atoms with van der Waals surface area (Å²) in [7, 11) is 0. The van der Waals surface area contributed by atoms with Gasteiger partial charge in [0.1, 0.15) is 6.04 Å². The van der Waals surface area contributed by atoms with E-state index in [0.717, 1.165) is 19.3 Å². The van der Waals surface area contributed by atoms with Crippen molar-refractivity contribution in [2.45, 2.75) is 45.2 Å². The van der Waals surface area contributed by atoms with Crippen LogP contribution in [0.25, 0.3) is 0 Å². The van der Waals surface area contributed by atoms with E-state index in [2.05, 4.69) is 5.32 Å². The van der Waals surface area contributed by atoms with Gasteiger partial charge in [-0.1, -0.05) is 20.3 Å². The SMILES string of the molecule is CC(C)C(NC1CCCC1CN)C(=O)O. The summed E-state index contributed by atoms with van der Waals surface area (Å²) < 4.78 is 0. The maximum atomic E-state index is 11.0. The molecule has 3 atom stereocenters. The third-order valence-corrected chi connectivity index (χ3v) is 3.29. The van der Waals surface area contributed by atoms with Crippen LogP contribution in [0.1, 0.15) is 33.1 Å². The molecule has 0 aliphatic heterocycles. The Hall–Kier alpha value is -0.610. The number of rotatable bonds is 5. The fourth-order valence-corrected chi connectivity index (χ4v) is 2.32. The number of carboxylic acids is 1. The molecule has 0 aromatic rings. The van der Waals surface area contributed by atoms with E-state index in [4.69, 9.17) is 10.8 Å². The highest BCUT2D eigenvalue weighted by molar-refractivity contribution is 5.73. The van der Waals surface area contributed by atoms with Crippen molar-refractivity contribution in [1.29, 1.82) is 0 Å². The van der Waals surface area contributed by atoms with Crippen molar-refractivity contribution in [3.8, 4) is 0 Å². The minimum Gasteiger partial charge on any atom is -0.480 e. The molecule has 0 bridgehead atoms. The second-order valence-corrected chi connectivity index (χ2v) is 4.76. The van der Waals surface area contributed by atoms with E-state index in [1.165, 1.54) is 0 Å². The summed E-state index contributed by atoms with van der Waals surface area (Å²) in [5.74, 6) is -0.195. The third-order valence-electron chi connectivity index (χ3n) is 3.29. The van der Waals surface area contributed by atoms with Crippen molar-refractivity contribution in [3.63, 3.8) is 0 Å². The van der Waals surface area contributed by atoms with E-state index in [1.54, 1.807) is 0 Å². The lowest BCUT2D eigenvalue weighted by atomic mass is 9.99. The first kappa shape index (κ1) is 12.5. The Kier molecular flexibility index (Phi) is 4.54. The number of hydrogen-bond donors (Lipinski definition) is 3. The zero-order chi connectivity index (χ0) is 11.4. The van der Waals surface area contributed by atoms with Crippen LogP contribution in [0.2, 0.25) is 0 Å². The fraction of sp³-hybridized carbons (Fsp3) is 0.909. The van der Waals surface area contributed by atoms with Gasteiger partial charge in [0.25, 0.3) is 0 Å². The van der Waals surface area contributed by atoms with Gasteiger partial charge in [-0.25, -0.2) is 0 Å². The standard InChI is InChI=1S/C11H22N2O2/c1-7(2)10(11(14)15)13-9-5-3-4-8(9)6-12/h7-10,13H,3-6,12H2,1-2H3,(H,14,15). The van der Waals surface area contributed by atoms with Crippen LogP contribution >= 0.6 is 0 Å². The Morgan fingerprint density at radius 1 is 1.53 bits per heavy atom. The van der Waals surface area contributed by atoms with Gasteiger partial charge >= 0.3 is 5.97 Å². The van der Waals surface area contributed by atoms with Gasteiger partial charge < -0.3 is 16.2 Å². The highest BCUT2D eigenvalue weighted by Gasteiger charge is 2.31. The number of hydrogen-bond acceptors (Lipinski definition) is 3. The van der Waals surface area contributed by atoms with Crippen LogP contribution in [0.15, 0.2) is 0 Å². The molecule has 1 fully saturated rings.